The molecule has 0 saturated heterocycles. The quantitative estimate of drug-likeness (QED) is 0.387. The van der Waals surface area contributed by atoms with Crippen molar-refractivity contribution in [1.82, 2.24) is 15.1 Å². The molecule has 1 aliphatic carbocycles. The summed E-state index contributed by atoms with van der Waals surface area (Å²) < 4.78 is 12.0. The molecule has 31 heavy (non-hydrogen) atoms. The Balaban J connectivity index is 1.74. The molecule has 10 heteroatoms. The normalized spacial score (nSPS) is 18.3. The number of nitro benzene ring substituents is 1. The minimum atomic E-state index is -0.681. The summed E-state index contributed by atoms with van der Waals surface area (Å²) in [6.45, 7) is 3.69. The molecule has 1 heterocycles. The number of amides is 1. The number of nitrogens with zero attached hydrogens (tertiary/aromatic N) is 3. The molecule has 0 unspecified atom stereocenters. The van der Waals surface area contributed by atoms with Gasteiger partial charge < -0.3 is 14.8 Å². The van der Waals surface area contributed by atoms with E-state index in [1.807, 2.05) is 0 Å². The maximum Gasteiger partial charge on any atom is 0.362 e. The summed E-state index contributed by atoms with van der Waals surface area (Å²) in [5.74, 6) is -0.433. The van der Waals surface area contributed by atoms with Crippen LogP contribution in [-0.4, -0.2) is 45.8 Å². The van der Waals surface area contributed by atoms with Crippen LogP contribution in [0.15, 0.2) is 30.5 Å². The number of non-ortho nitro benzene ring substituents is 1. The summed E-state index contributed by atoms with van der Waals surface area (Å²) in [6, 6.07) is 5.79. The fourth-order valence-electron chi connectivity index (χ4n) is 3.59. The first-order valence-electron chi connectivity index (χ1n) is 10.3. The zero-order valence-corrected chi connectivity index (χ0v) is 17.6. The average molecular weight is 430 g/mol. The van der Waals surface area contributed by atoms with Crippen molar-refractivity contribution < 1.29 is 24.0 Å². The van der Waals surface area contributed by atoms with Crippen LogP contribution in [0.1, 0.15) is 50.0 Å². The van der Waals surface area contributed by atoms with Crippen molar-refractivity contribution in [3.05, 3.63) is 46.3 Å². The number of rotatable bonds is 8. The van der Waals surface area contributed by atoms with Crippen LogP contribution in [0.25, 0.3) is 5.69 Å². The van der Waals surface area contributed by atoms with Crippen LogP contribution in [-0.2, 0) is 9.53 Å². The molecule has 10 nitrogen and oxygen atoms in total. The van der Waals surface area contributed by atoms with E-state index in [-0.39, 0.29) is 42.3 Å². The molecule has 0 radical (unpaired) electrons. The van der Waals surface area contributed by atoms with Crippen LogP contribution in [0.2, 0.25) is 0 Å². The number of aromatic nitrogens is 2. The molecule has 2 atom stereocenters. The van der Waals surface area contributed by atoms with Gasteiger partial charge in [0.15, 0.2) is 12.4 Å². The van der Waals surface area contributed by atoms with Gasteiger partial charge in [0.2, 0.25) is 5.69 Å². The first kappa shape index (κ1) is 22.3. The minimum Gasteiger partial charge on any atom is -0.480 e. The first-order chi connectivity index (χ1) is 14.9. The van der Waals surface area contributed by atoms with E-state index in [1.54, 1.807) is 6.92 Å². The van der Waals surface area contributed by atoms with Gasteiger partial charge >= 0.3 is 5.97 Å². The average Bonchev–Trinajstić information content (AvgIpc) is 3.18. The predicted octanol–water partition coefficient (Wildman–Crippen LogP) is 3.03. The maximum atomic E-state index is 12.4. The standard InChI is InChI=1S/C21H26N4O6/c1-3-30-21(27)20-18(31-13-19(26)22-17-7-5-4-6-14(17)2)12-24(23-20)15-8-10-16(11-9-15)25(28)29/h8-12,14,17H,3-7,13H2,1-2H3,(H,22,26)/t14-,17-/m1/s1. The highest BCUT2D eigenvalue weighted by Gasteiger charge is 2.24. The van der Waals surface area contributed by atoms with Gasteiger partial charge in [-0.3, -0.25) is 14.9 Å². The highest BCUT2D eigenvalue weighted by molar-refractivity contribution is 5.90. The molecule has 166 valence electrons. The second kappa shape index (κ2) is 10.1. The Labute approximate surface area is 179 Å². The van der Waals surface area contributed by atoms with E-state index in [0.29, 0.717) is 11.6 Å². The summed E-state index contributed by atoms with van der Waals surface area (Å²) in [5, 5.41) is 18.0. The van der Waals surface area contributed by atoms with Gasteiger partial charge in [-0.1, -0.05) is 19.8 Å². The smallest absolute Gasteiger partial charge is 0.362 e. The highest BCUT2D eigenvalue weighted by atomic mass is 16.6. The van der Waals surface area contributed by atoms with Crippen LogP contribution >= 0.6 is 0 Å². The van der Waals surface area contributed by atoms with E-state index < -0.39 is 10.9 Å². The van der Waals surface area contributed by atoms with Gasteiger partial charge in [-0.25, -0.2) is 9.48 Å². The molecule has 3 rings (SSSR count). The van der Waals surface area contributed by atoms with Crippen LogP contribution < -0.4 is 10.1 Å². The van der Waals surface area contributed by atoms with E-state index >= 15 is 0 Å². The molecular weight excluding hydrogens is 404 g/mol. The van der Waals surface area contributed by atoms with Gasteiger partial charge in [0.25, 0.3) is 11.6 Å². The van der Waals surface area contributed by atoms with Crippen molar-refractivity contribution in [2.75, 3.05) is 13.2 Å². The Morgan fingerprint density at radius 2 is 1.97 bits per heavy atom. The third-order valence-electron chi connectivity index (χ3n) is 5.29. The van der Waals surface area contributed by atoms with E-state index in [2.05, 4.69) is 17.3 Å². The highest BCUT2D eigenvalue weighted by Crippen LogP contribution is 2.24. The van der Waals surface area contributed by atoms with Crippen LogP contribution in [0.3, 0.4) is 0 Å². The number of carbonyl (C=O) groups is 2. The number of hydrogen-bond acceptors (Lipinski definition) is 7. The van der Waals surface area contributed by atoms with Crippen molar-refractivity contribution in [3.8, 4) is 11.4 Å². The second-order valence-corrected chi connectivity index (χ2v) is 7.50. The van der Waals surface area contributed by atoms with E-state index in [1.165, 1.54) is 41.6 Å². The summed E-state index contributed by atoms with van der Waals surface area (Å²) in [4.78, 5) is 35.0. The lowest BCUT2D eigenvalue weighted by Crippen LogP contribution is -2.43. The molecular formula is C21H26N4O6. The molecule has 0 aliphatic heterocycles. The molecule has 1 fully saturated rings. The Morgan fingerprint density at radius 1 is 1.26 bits per heavy atom. The predicted molar refractivity (Wildman–Crippen MR) is 111 cm³/mol. The molecule has 1 N–H and O–H groups in total. The molecule has 1 aromatic heterocycles. The monoisotopic (exact) mass is 430 g/mol. The Bertz CT molecular complexity index is 940. The van der Waals surface area contributed by atoms with Crippen molar-refractivity contribution in [2.45, 2.75) is 45.6 Å². The van der Waals surface area contributed by atoms with Crippen molar-refractivity contribution in [1.29, 1.82) is 0 Å². The van der Waals surface area contributed by atoms with E-state index in [0.717, 1.165) is 19.3 Å². The zero-order chi connectivity index (χ0) is 22.4. The molecule has 1 aromatic carbocycles. The number of esters is 1. The lowest BCUT2D eigenvalue weighted by Gasteiger charge is -2.29. The number of carbonyl (C=O) groups excluding carboxylic acids is 2. The molecule has 1 amide bonds. The first-order valence-corrected chi connectivity index (χ1v) is 10.3. The molecule has 0 spiro atoms. The molecule has 1 saturated carbocycles. The summed E-state index contributed by atoms with van der Waals surface area (Å²) in [5.41, 5.74) is 0.358. The topological polar surface area (TPSA) is 126 Å². The van der Waals surface area contributed by atoms with Crippen molar-refractivity contribution in [3.63, 3.8) is 0 Å². The molecule has 0 bridgehead atoms. The fourth-order valence-corrected chi connectivity index (χ4v) is 3.59. The van der Waals surface area contributed by atoms with Gasteiger partial charge in [-0.2, -0.15) is 5.10 Å². The summed E-state index contributed by atoms with van der Waals surface area (Å²) in [7, 11) is 0. The number of benzene rings is 1. The lowest BCUT2D eigenvalue weighted by molar-refractivity contribution is -0.384. The number of nitrogens with one attached hydrogen (secondary N) is 1. The largest absolute Gasteiger partial charge is 0.480 e. The van der Waals surface area contributed by atoms with Crippen molar-refractivity contribution >= 4 is 17.6 Å². The van der Waals surface area contributed by atoms with Gasteiger partial charge in [-0.15, -0.1) is 0 Å². The summed E-state index contributed by atoms with van der Waals surface area (Å²) in [6.07, 6.45) is 5.74. The maximum absolute atomic E-state index is 12.4. The van der Waals surface area contributed by atoms with Crippen LogP contribution in [0, 0.1) is 16.0 Å². The van der Waals surface area contributed by atoms with Gasteiger partial charge in [0.05, 0.1) is 23.4 Å². The van der Waals surface area contributed by atoms with Crippen molar-refractivity contribution in [2.24, 2.45) is 5.92 Å². The lowest BCUT2D eigenvalue weighted by atomic mass is 9.86. The Kier molecular flexibility index (Phi) is 7.22. The van der Waals surface area contributed by atoms with Crippen LogP contribution in [0.5, 0.6) is 5.75 Å². The third kappa shape index (κ3) is 5.59. The second-order valence-electron chi connectivity index (χ2n) is 7.50. The van der Waals surface area contributed by atoms with E-state index in [4.69, 9.17) is 9.47 Å². The van der Waals surface area contributed by atoms with Gasteiger partial charge in [0, 0.05) is 18.2 Å². The van der Waals surface area contributed by atoms with Crippen LogP contribution in [0.4, 0.5) is 5.69 Å². The Morgan fingerprint density at radius 3 is 2.61 bits per heavy atom. The summed E-state index contributed by atoms with van der Waals surface area (Å²) >= 11 is 0. The Hall–Kier alpha value is -3.43. The molecule has 1 aliphatic rings. The van der Waals surface area contributed by atoms with E-state index in [9.17, 15) is 19.7 Å². The fraction of sp³-hybridized carbons (Fsp3) is 0.476. The zero-order valence-electron chi connectivity index (χ0n) is 17.6. The third-order valence-corrected chi connectivity index (χ3v) is 5.29. The number of ether oxygens (including phenoxy) is 2. The molecule has 2 aromatic rings. The van der Waals surface area contributed by atoms with Gasteiger partial charge in [0.1, 0.15) is 0 Å². The van der Waals surface area contributed by atoms with Gasteiger partial charge in [-0.05, 0) is 37.8 Å². The number of hydrogen-bond donors (Lipinski definition) is 1. The number of nitro groups is 1. The minimum absolute atomic E-state index is 0.0633. The SMILES string of the molecule is CCOC(=O)c1nn(-c2ccc([N+](=O)[O-])cc2)cc1OCC(=O)N[C@@H]1CCCC[C@H]1C.